The number of carbonyl (C=O) groups is 1. The Labute approximate surface area is 127 Å². The third kappa shape index (κ3) is 3.24. The Morgan fingerprint density at radius 1 is 1.19 bits per heavy atom. The van der Waals surface area contributed by atoms with Gasteiger partial charge in [0.05, 0.1) is 6.61 Å². The molecule has 0 fully saturated rings. The topological polar surface area (TPSA) is 26.3 Å². The molecule has 1 aliphatic heterocycles. The highest BCUT2D eigenvalue weighted by Gasteiger charge is 2.19. The van der Waals surface area contributed by atoms with Crippen molar-refractivity contribution >= 4 is 17.4 Å². The quantitative estimate of drug-likeness (QED) is 0.859. The van der Waals surface area contributed by atoms with Gasteiger partial charge in [-0.3, -0.25) is 4.79 Å². The first-order chi connectivity index (χ1) is 10.1. The summed E-state index contributed by atoms with van der Waals surface area (Å²) in [6.07, 6.45) is 1.39. The van der Waals surface area contributed by atoms with Crippen molar-refractivity contribution in [3.8, 4) is 5.75 Å². The van der Waals surface area contributed by atoms with Crippen molar-refractivity contribution in [3.05, 3.63) is 63.9 Å². The molecule has 0 saturated carbocycles. The summed E-state index contributed by atoms with van der Waals surface area (Å²) < 4.78 is 18.4. The molecular weight excluding hydrogens is 291 g/mol. The molecule has 108 valence electrons. The largest absolute Gasteiger partial charge is 0.493 e. The van der Waals surface area contributed by atoms with Crippen LogP contribution in [0.25, 0.3) is 0 Å². The van der Waals surface area contributed by atoms with Gasteiger partial charge in [-0.1, -0.05) is 23.7 Å². The van der Waals surface area contributed by atoms with Crippen molar-refractivity contribution in [1.29, 1.82) is 0 Å². The van der Waals surface area contributed by atoms with E-state index in [1.807, 2.05) is 6.07 Å². The van der Waals surface area contributed by atoms with Crippen LogP contribution >= 0.6 is 11.6 Å². The number of benzene rings is 2. The molecule has 0 saturated heterocycles. The van der Waals surface area contributed by atoms with E-state index < -0.39 is 0 Å². The second-order valence-corrected chi connectivity index (χ2v) is 5.61. The van der Waals surface area contributed by atoms with Gasteiger partial charge in [-0.15, -0.1) is 0 Å². The molecule has 3 rings (SSSR count). The van der Waals surface area contributed by atoms with Gasteiger partial charge >= 0.3 is 0 Å². The van der Waals surface area contributed by atoms with Gasteiger partial charge < -0.3 is 4.74 Å². The first-order valence-electron chi connectivity index (χ1n) is 6.82. The molecule has 1 aliphatic rings. The smallest absolute Gasteiger partial charge is 0.141 e. The van der Waals surface area contributed by atoms with E-state index in [1.165, 1.54) is 12.1 Å². The lowest BCUT2D eigenvalue weighted by atomic mass is 10.00. The van der Waals surface area contributed by atoms with Gasteiger partial charge in [-0.25, -0.2) is 4.39 Å². The maximum atomic E-state index is 12.8. The Bertz CT molecular complexity index is 680. The second kappa shape index (κ2) is 5.86. The van der Waals surface area contributed by atoms with E-state index in [9.17, 15) is 9.18 Å². The van der Waals surface area contributed by atoms with E-state index >= 15 is 0 Å². The molecule has 0 radical (unpaired) electrons. The standard InChI is InChI=1S/C17H14ClFO2/c18-14-8-12-5-6-21-17(12)13(9-14)10-16(20)7-11-1-3-15(19)4-2-11/h1-4,8-9H,5-7,10H2. The summed E-state index contributed by atoms with van der Waals surface area (Å²) in [7, 11) is 0. The first-order valence-corrected chi connectivity index (χ1v) is 7.20. The predicted octanol–water partition coefficient (Wildman–Crippen LogP) is 3.77. The molecule has 1 heterocycles. The van der Waals surface area contributed by atoms with Crippen molar-refractivity contribution in [2.75, 3.05) is 6.61 Å². The van der Waals surface area contributed by atoms with Crippen LogP contribution in [0.3, 0.4) is 0 Å². The molecule has 0 unspecified atom stereocenters. The number of Topliss-reactive ketones (excluding diaryl/α,β-unsaturated/α-hetero) is 1. The fraction of sp³-hybridized carbons (Fsp3) is 0.235. The lowest BCUT2D eigenvalue weighted by molar-refractivity contribution is -0.117. The van der Waals surface area contributed by atoms with Crippen LogP contribution in [0.1, 0.15) is 16.7 Å². The highest BCUT2D eigenvalue weighted by Crippen LogP contribution is 2.33. The highest BCUT2D eigenvalue weighted by molar-refractivity contribution is 6.30. The van der Waals surface area contributed by atoms with E-state index in [4.69, 9.17) is 16.3 Å². The van der Waals surface area contributed by atoms with Crippen molar-refractivity contribution in [2.24, 2.45) is 0 Å². The maximum absolute atomic E-state index is 12.8. The SMILES string of the molecule is O=C(Cc1ccc(F)cc1)Cc1cc(Cl)cc2c1OCC2. The average Bonchev–Trinajstić information content (AvgIpc) is 2.89. The molecule has 0 N–H and O–H groups in total. The molecule has 0 aromatic heterocycles. The lowest BCUT2D eigenvalue weighted by Gasteiger charge is -2.08. The van der Waals surface area contributed by atoms with Crippen LogP contribution in [0.2, 0.25) is 5.02 Å². The summed E-state index contributed by atoms with van der Waals surface area (Å²) >= 11 is 6.08. The normalized spacial score (nSPS) is 12.9. The summed E-state index contributed by atoms with van der Waals surface area (Å²) in [5, 5.41) is 0.629. The molecule has 0 bridgehead atoms. The fourth-order valence-electron chi connectivity index (χ4n) is 2.58. The monoisotopic (exact) mass is 304 g/mol. The van der Waals surface area contributed by atoms with E-state index in [-0.39, 0.29) is 24.4 Å². The molecular formula is C17H14ClFO2. The number of ketones is 1. The van der Waals surface area contributed by atoms with Crippen LogP contribution in [0.15, 0.2) is 36.4 Å². The van der Waals surface area contributed by atoms with Gasteiger partial charge in [0.15, 0.2) is 0 Å². The number of carbonyl (C=O) groups excluding carboxylic acids is 1. The molecule has 4 heteroatoms. The lowest BCUT2D eigenvalue weighted by Crippen LogP contribution is -2.07. The number of rotatable bonds is 4. The zero-order chi connectivity index (χ0) is 14.8. The van der Waals surface area contributed by atoms with Gasteiger partial charge in [0.2, 0.25) is 0 Å². The molecule has 0 atom stereocenters. The molecule has 0 spiro atoms. The Hall–Kier alpha value is -1.87. The van der Waals surface area contributed by atoms with Crippen LogP contribution in [-0.2, 0) is 24.1 Å². The third-order valence-corrected chi connectivity index (χ3v) is 3.75. The molecule has 2 aromatic carbocycles. The fourth-order valence-corrected chi connectivity index (χ4v) is 2.85. The van der Waals surface area contributed by atoms with E-state index in [1.54, 1.807) is 18.2 Å². The van der Waals surface area contributed by atoms with E-state index in [2.05, 4.69) is 0 Å². The Morgan fingerprint density at radius 3 is 2.71 bits per heavy atom. The van der Waals surface area contributed by atoms with Crippen molar-refractivity contribution in [1.82, 2.24) is 0 Å². The van der Waals surface area contributed by atoms with Crippen molar-refractivity contribution in [2.45, 2.75) is 19.3 Å². The number of ether oxygens (including phenoxy) is 1. The highest BCUT2D eigenvalue weighted by atomic mass is 35.5. The first kappa shape index (κ1) is 14.1. The number of halogens is 2. The summed E-state index contributed by atoms with van der Waals surface area (Å²) in [5.74, 6) is 0.556. The van der Waals surface area contributed by atoms with Crippen LogP contribution in [0.4, 0.5) is 4.39 Å². The Balaban J connectivity index is 1.75. The average molecular weight is 305 g/mol. The Kier molecular flexibility index (Phi) is 3.93. The van der Waals surface area contributed by atoms with Crippen LogP contribution in [0, 0.1) is 5.82 Å². The van der Waals surface area contributed by atoms with Crippen LogP contribution < -0.4 is 4.74 Å². The van der Waals surface area contributed by atoms with Crippen LogP contribution in [-0.4, -0.2) is 12.4 Å². The molecule has 0 aliphatic carbocycles. The van der Waals surface area contributed by atoms with Gasteiger partial charge in [-0.05, 0) is 35.4 Å². The van der Waals surface area contributed by atoms with Gasteiger partial charge in [0, 0.05) is 29.8 Å². The van der Waals surface area contributed by atoms with E-state index in [0.717, 1.165) is 28.9 Å². The van der Waals surface area contributed by atoms with Crippen molar-refractivity contribution in [3.63, 3.8) is 0 Å². The summed E-state index contributed by atoms with van der Waals surface area (Å²) in [6, 6.07) is 9.66. The molecule has 2 aromatic rings. The zero-order valence-electron chi connectivity index (χ0n) is 11.4. The summed E-state index contributed by atoms with van der Waals surface area (Å²) in [6.45, 7) is 0.634. The summed E-state index contributed by atoms with van der Waals surface area (Å²) in [4.78, 5) is 12.2. The van der Waals surface area contributed by atoms with Gasteiger partial charge in [0.25, 0.3) is 0 Å². The minimum atomic E-state index is -0.299. The third-order valence-electron chi connectivity index (χ3n) is 3.53. The maximum Gasteiger partial charge on any atom is 0.141 e. The second-order valence-electron chi connectivity index (χ2n) is 5.17. The number of hydrogen-bond acceptors (Lipinski definition) is 2. The Morgan fingerprint density at radius 2 is 1.95 bits per heavy atom. The minimum absolute atomic E-state index is 0.0570. The summed E-state index contributed by atoms with van der Waals surface area (Å²) in [5.41, 5.74) is 2.70. The predicted molar refractivity (Wildman–Crippen MR) is 79.5 cm³/mol. The zero-order valence-corrected chi connectivity index (χ0v) is 12.1. The minimum Gasteiger partial charge on any atom is -0.493 e. The van der Waals surface area contributed by atoms with Gasteiger partial charge in [0.1, 0.15) is 17.3 Å². The molecule has 0 amide bonds. The molecule has 2 nitrogen and oxygen atoms in total. The van der Waals surface area contributed by atoms with E-state index in [0.29, 0.717) is 11.6 Å². The number of hydrogen-bond donors (Lipinski definition) is 0. The van der Waals surface area contributed by atoms with Crippen LogP contribution in [0.5, 0.6) is 5.75 Å². The van der Waals surface area contributed by atoms with Crippen molar-refractivity contribution < 1.29 is 13.9 Å². The molecule has 21 heavy (non-hydrogen) atoms. The number of fused-ring (bicyclic) bond motifs is 1. The van der Waals surface area contributed by atoms with Gasteiger partial charge in [-0.2, -0.15) is 0 Å².